The van der Waals surface area contributed by atoms with Crippen LogP contribution in [-0.4, -0.2) is 12.4 Å². The van der Waals surface area contributed by atoms with Crippen molar-refractivity contribution in [1.29, 1.82) is 0 Å². The molecule has 2 nitrogen and oxygen atoms in total. The molecule has 1 atom stereocenters. The molecule has 0 amide bonds. The second-order valence-electron chi connectivity index (χ2n) is 5.94. The predicted octanol–water partition coefficient (Wildman–Crippen LogP) is 5.54. The Bertz CT molecular complexity index is 843. The third-order valence-corrected chi connectivity index (χ3v) is 5.76. The minimum Gasteiger partial charge on any atom is -0.488 e. The van der Waals surface area contributed by atoms with Crippen LogP contribution >= 0.6 is 22.9 Å². The van der Waals surface area contributed by atoms with Crippen LogP contribution in [0.2, 0.25) is 0 Å². The van der Waals surface area contributed by atoms with Gasteiger partial charge in [0.2, 0.25) is 0 Å². The first-order chi connectivity index (χ1) is 11.3. The van der Waals surface area contributed by atoms with Crippen LogP contribution in [0.5, 0.6) is 5.75 Å². The fraction of sp³-hybridized carbons (Fsp3) is 0.263. The van der Waals surface area contributed by atoms with E-state index in [2.05, 4.69) is 36.5 Å². The zero-order valence-electron chi connectivity index (χ0n) is 12.9. The number of ether oxygens (including phenoxy) is 1. The van der Waals surface area contributed by atoms with Gasteiger partial charge in [-0.15, -0.1) is 22.9 Å². The number of fused-ring (bicyclic) bond motifs is 3. The number of alkyl halides is 1. The summed E-state index contributed by atoms with van der Waals surface area (Å²) in [6, 6.07) is 14.6. The smallest absolute Gasteiger partial charge is 0.130 e. The van der Waals surface area contributed by atoms with Crippen LogP contribution < -0.4 is 10.1 Å². The van der Waals surface area contributed by atoms with Crippen molar-refractivity contribution in [2.24, 2.45) is 0 Å². The molecule has 0 saturated carbocycles. The number of rotatable bonds is 4. The molecule has 4 heteroatoms. The highest BCUT2D eigenvalue weighted by Crippen LogP contribution is 2.46. The minimum atomic E-state index is 0.385. The molecule has 1 aromatic heterocycles. The Labute approximate surface area is 145 Å². The molecule has 3 aromatic rings. The number of aryl methyl sites for hydroxylation is 1. The third kappa shape index (κ3) is 2.68. The van der Waals surface area contributed by atoms with Crippen molar-refractivity contribution in [2.45, 2.75) is 19.4 Å². The molecule has 1 aliphatic rings. The van der Waals surface area contributed by atoms with E-state index >= 15 is 0 Å². The summed E-state index contributed by atoms with van der Waals surface area (Å²) in [5.74, 6) is 1.99. The van der Waals surface area contributed by atoms with Gasteiger partial charge in [-0.05, 0) is 24.1 Å². The highest BCUT2D eigenvalue weighted by Gasteiger charge is 2.26. The molecule has 1 unspecified atom stereocenters. The van der Waals surface area contributed by atoms with Crippen molar-refractivity contribution in [2.75, 3.05) is 17.7 Å². The van der Waals surface area contributed by atoms with Crippen LogP contribution in [0.1, 0.15) is 21.9 Å². The monoisotopic (exact) mass is 343 g/mol. The fourth-order valence-corrected chi connectivity index (χ4v) is 4.60. The SMILES string of the molecule is Cc1cc2c(OCc3ccccc3)cc3c(c2s1)C(CCl)CN3. The van der Waals surface area contributed by atoms with E-state index in [9.17, 15) is 0 Å². The summed E-state index contributed by atoms with van der Waals surface area (Å²) < 4.78 is 7.46. The molecule has 118 valence electrons. The van der Waals surface area contributed by atoms with E-state index < -0.39 is 0 Å². The van der Waals surface area contributed by atoms with Crippen LogP contribution in [0.3, 0.4) is 0 Å². The normalized spacial score (nSPS) is 16.3. The molecule has 0 saturated heterocycles. The maximum absolute atomic E-state index is 6.16. The average molecular weight is 344 g/mol. The van der Waals surface area contributed by atoms with E-state index in [1.165, 1.54) is 31.8 Å². The molecule has 1 N–H and O–H groups in total. The number of anilines is 1. The van der Waals surface area contributed by atoms with Crippen molar-refractivity contribution >= 4 is 38.7 Å². The van der Waals surface area contributed by atoms with E-state index in [1.807, 2.05) is 29.5 Å². The molecule has 1 aliphatic heterocycles. The van der Waals surface area contributed by atoms with Gasteiger partial charge in [-0.1, -0.05) is 30.3 Å². The molecule has 0 aliphatic carbocycles. The van der Waals surface area contributed by atoms with E-state index in [1.54, 1.807) is 0 Å². The van der Waals surface area contributed by atoms with Crippen molar-refractivity contribution in [1.82, 2.24) is 0 Å². The van der Waals surface area contributed by atoms with Gasteiger partial charge < -0.3 is 10.1 Å². The largest absolute Gasteiger partial charge is 0.488 e. The maximum atomic E-state index is 6.16. The molecule has 0 bridgehead atoms. The first-order valence-corrected chi connectivity index (χ1v) is 9.15. The standard InChI is InChI=1S/C19H18ClNOS/c1-12-7-15-17(22-11-13-5-3-2-4-6-13)8-16-18(19(15)23-12)14(9-20)10-21-16/h2-8,14,21H,9-11H2,1H3. The van der Waals surface area contributed by atoms with E-state index in [4.69, 9.17) is 16.3 Å². The van der Waals surface area contributed by atoms with Gasteiger partial charge in [-0.3, -0.25) is 0 Å². The summed E-state index contributed by atoms with van der Waals surface area (Å²) in [6.45, 7) is 3.64. The Balaban J connectivity index is 1.74. The summed E-state index contributed by atoms with van der Waals surface area (Å²) in [5.41, 5.74) is 3.72. The zero-order valence-corrected chi connectivity index (χ0v) is 14.5. The molecule has 2 heterocycles. The van der Waals surface area contributed by atoms with Gasteiger partial charge >= 0.3 is 0 Å². The Kier molecular flexibility index (Phi) is 3.92. The maximum Gasteiger partial charge on any atom is 0.130 e. The molecule has 2 aromatic carbocycles. The minimum absolute atomic E-state index is 0.385. The van der Waals surface area contributed by atoms with Gasteiger partial charge in [0, 0.05) is 45.1 Å². The number of halogens is 1. The number of nitrogens with one attached hydrogen (secondary N) is 1. The summed E-state index contributed by atoms with van der Waals surface area (Å²) in [6.07, 6.45) is 0. The lowest BCUT2D eigenvalue weighted by Crippen LogP contribution is -2.02. The topological polar surface area (TPSA) is 21.3 Å². The van der Waals surface area contributed by atoms with Crippen molar-refractivity contribution < 1.29 is 4.74 Å². The Morgan fingerprint density at radius 3 is 2.87 bits per heavy atom. The quantitative estimate of drug-likeness (QED) is 0.628. The third-order valence-electron chi connectivity index (χ3n) is 4.30. The zero-order chi connectivity index (χ0) is 15.8. The van der Waals surface area contributed by atoms with Gasteiger partial charge in [0.15, 0.2) is 0 Å². The molecule has 23 heavy (non-hydrogen) atoms. The van der Waals surface area contributed by atoms with Gasteiger partial charge in [-0.2, -0.15) is 0 Å². The summed E-state index contributed by atoms with van der Waals surface area (Å²) >= 11 is 7.99. The Morgan fingerprint density at radius 2 is 2.09 bits per heavy atom. The molecular formula is C19H18ClNOS. The van der Waals surface area contributed by atoms with Crippen molar-refractivity contribution in [3.63, 3.8) is 0 Å². The Morgan fingerprint density at radius 1 is 1.26 bits per heavy atom. The van der Waals surface area contributed by atoms with E-state index in [-0.39, 0.29) is 0 Å². The molecule has 4 rings (SSSR count). The second kappa shape index (κ2) is 6.06. The molecule has 0 fully saturated rings. The highest BCUT2D eigenvalue weighted by atomic mass is 35.5. The lowest BCUT2D eigenvalue weighted by atomic mass is 10.0. The summed E-state index contributed by atoms with van der Waals surface area (Å²) in [5, 5.41) is 4.69. The first kappa shape index (κ1) is 14.9. The first-order valence-electron chi connectivity index (χ1n) is 7.80. The second-order valence-corrected chi connectivity index (χ2v) is 7.51. The highest BCUT2D eigenvalue weighted by molar-refractivity contribution is 7.19. The molecular weight excluding hydrogens is 326 g/mol. The van der Waals surface area contributed by atoms with Gasteiger partial charge in [0.1, 0.15) is 12.4 Å². The Hall–Kier alpha value is -1.71. The van der Waals surface area contributed by atoms with Crippen LogP contribution in [0.4, 0.5) is 5.69 Å². The lowest BCUT2D eigenvalue weighted by Gasteiger charge is -2.12. The summed E-state index contributed by atoms with van der Waals surface area (Å²) in [4.78, 5) is 1.30. The molecule has 0 radical (unpaired) electrons. The van der Waals surface area contributed by atoms with Crippen molar-refractivity contribution in [3.8, 4) is 5.75 Å². The van der Waals surface area contributed by atoms with Gasteiger partial charge in [-0.25, -0.2) is 0 Å². The van der Waals surface area contributed by atoms with Crippen molar-refractivity contribution in [3.05, 3.63) is 58.5 Å². The number of benzene rings is 2. The van der Waals surface area contributed by atoms with E-state index in [0.717, 1.165) is 12.3 Å². The van der Waals surface area contributed by atoms with Crippen LogP contribution in [0, 0.1) is 6.92 Å². The van der Waals surface area contributed by atoms with Gasteiger partial charge in [0.05, 0.1) is 0 Å². The van der Waals surface area contributed by atoms with E-state index in [0.29, 0.717) is 18.4 Å². The molecule has 0 spiro atoms. The van der Waals surface area contributed by atoms with Crippen LogP contribution in [0.15, 0.2) is 42.5 Å². The summed E-state index contributed by atoms with van der Waals surface area (Å²) in [7, 11) is 0. The predicted molar refractivity (Wildman–Crippen MR) is 99.3 cm³/mol. The fourth-order valence-electron chi connectivity index (χ4n) is 3.18. The van der Waals surface area contributed by atoms with Gasteiger partial charge in [0.25, 0.3) is 0 Å². The number of thiophene rings is 1. The van der Waals surface area contributed by atoms with Crippen LogP contribution in [-0.2, 0) is 6.61 Å². The number of hydrogen-bond donors (Lipinski definition) is 1. The lowest BCUT2D eigenvalue weighted by molar-refractivity contribution is 0.310. The average Bonchev–Trinajstić information content (AvgIpc) is 3.15. The van der Waals surface area contributed by atoms with Crippen LogP contribution in [0.25, 0.3) is 10.1 Å². The number of hydrogen-bond acceptors (Lipinski definition) is 3.